The van der Waals surface area contributed by atoms with Gasteiger partial charge in [-0.1, -0.05) is 78.3 Å². The Hall–Kier alpha value is -3.83. The lowest BCUT2D eigenvalue weighted by Crippen LogP contribution is -2.45. The Balaban J connectivity index is 1.57. The van der Waals surface area contributed by atoms with Gasteiger partial charge in [-0.15, -0.1) is 0 Å². The standard InChI is InChI=1S/C31H32ClN3O2/c1-24(2)35(31(37)27-15-9-16-28(32)19-27)23-30(36)34(21-26-13-7-4-8-14-26)22-29-17-10-18-33(29)20-25-11-5-3-6-12-25/h3-19,24H,20-23H2,1-2H3. The van der Waals surface area contributed by atoms with E-state index < -0.39 is 0 Å². The average molecular weight is 514 g/mol. The summed E-state index contributed by atoms with van der Waals surface area (Å²) in [5, 5.41) is 0.491. The second-order valence-corrected chi connectivity index (χ2v) is 9.82. The number of nitrogens with zero attached hydrogens (tertiary/aromatic N) is 3. The third kappa shape index (κ3) is 7.11. The van der Waals surface area contributed by atoms with Crippen LogP contribution in [0.3, 0.4) is 0 Å². The molecule has 1 heterocycles. The summed E-state index contributed by atoms with van der Waals surface area (Å²) in [5.41, 5.74) is 3.74. The van der Waals surface area contributed by atoms with E-state index in [0.29, 0.717) is 23.7 Å². The Bertz CT molecular complexity index is 1320. The summed E-state index contributed by atoms with van der Waals surface area (Å²) < 4.78 is 2.16. The molecule has 0 unspecified atom stereocenters. The number of hydrogen-bond donors (Lipinski definition) is 0. The van der Waals surface area contributed by atoms with Crippen molar-refractivity contribution in [1.82, 2.24) is 14.4 Å². The molecule has 0 bridgehead atoms. The minimum atomic E-state index is -0.210. The highest BCUT2D eigenvalue weighted by molar-refractivity contribution is 6.31. The summed E-state index contributed by atoms with van der Waals surface area (Å²) in [4.78, 5) is 30.5. The fourth-order valence-corrected chi connectivity index (χ4v) is 4.47. The summed E-state index contributed by atoms with van der Waals surface area (Å²) in [6.07, 6.45) is 2.04. The van der Waals surface area contributed by atoms with Crippen LogP contribution in [0.2, 0.25) is 5.02 Å². The molecule has 0 saturated heterocycles. The summed E-state index contributed by atoms with van der Waals surface area (Å²) >= 11 is 6.12. The van der Waals surface area contributed by atoms with Gasteiger partial charge in [0.1, 0.15) is 6.54 Å². The Morgan fingerprint density at radius 1 is 0.811 bits per heavy atom. The second kappa shape index (κ2) is 12.4. The van der Waals surface area contributed by atoms with Crippen molar-refractivity contribution in [3.63, 3.8) is 0 Å². The maximum Gasteiger partial charge on any atom is 0.254 e. The Labute approximate surface area is 223 Å². The van der Waals surface area contributed by atoms with Gasteiger partial charge in [-0.3, -0.25) is 9.59 Å². The first-order chi connectivity index (χ1) is 17.9. The molecule has 0 N–H and O–H groups in total. The summed E-state index contributed by atoms with van der Waals surface area (Å²) in [6.45, 7) is 5.43. The van der Waals surface area contributed by atoms with Crippen LogP contribution < -0.4 is 0 Å². The molecule has 2 amide bonds. The van der Waals surface area contributed by atoms with E-state index in [0.717, 1.165) is 17.8 Å². The fourth-order valence-electron chi connectivity index (χ4n) is 4.28. The number of amides is 2. The monoisotopic (exact) mass is 513 g/mol. The van der Waals surface area contributed by atoms with Crippen molar-refractivity contribution >= 4 is 23.4 Å². The SMILES string of the molecule is CC(C)N(CC(=O)N(Cc1ccccc1)Cc1cccn1Cc1ccccc1)C(=O)c1cccc(Cl)c1. The Kier molecular flexibility index (Phi) is 8.81. The highest BCUT2D eigenvalue weighted by Gasteiger charge is 2.25. The highest BCUT2D eigenvalue weighted by atomic mass is 35.5. The molecule has 0 radical (unpaired) electrons. The van der Waals surface area contributed by atoms with Crippen LogP contribution in [0.4, 0.5) is 0 Å². The topological polar surface area (TPSA) is 45.6 Å². The molecule has 1 aromatic heterocycles. The van der Waals surface area contributed by atoms with E-state index in [4.69, 9.17) is 11.6 Å². The number of aromatic nitrogens is 1. The van der Waals surface area contributed by atoms with Gasteiger partial charge in [-0.2, -0.15) is 0 Å². The number of halogens is 1. The van der Waals surface area contributed by atoms with Crippen LogP contribution in [0.1, 0.15) is 41.0 Å². The largest absolute Gasteiger partial charge is 0.345 e. The molecular formula is C31H32ClN3O2. The van der Waals surface area contributed by atoms with Gasteiger partial charge in [-0.25, -0.2) is 0 Å². The molecule has 0 spiro atoms. The quantitative estimate of drug-likeness (QED) is 0.251. The zero-order valence-electron chi connectivity index (χ0n) is 21.3. The Morgan fingerprint density at radius 3 is 2.14 bits per heavy atom. The number of carbonyl (C=O) groups is 2. The van der Waals surface area contributed by atoms with Gasteiger partial charge < -0.3 is 14.4 Å². The smallest absolute Gasteiger partial charge is 0.254 e. The van der Waals surface area contributed by atoms with Crippen LogP contribution in [0.5, 0.6) is 0 Å². The average Bonchev–Trinajstić information content (AvgIpc) is 3.33. The highest BCUT2D eigenvalue weighted by Crippen LogP contribution is 2.17. The molecule has 37 heavy (non-hydrogen) atoms. The zero-order chi connectivity index (χ0) is 26.2. The lowest BCUT2D eigenvalue weighted by Gasteiger charge is -2.30. The first-order valence-corrected chi connectivity index (χ1v) is 12.8. The van der Waals surface area contributed by atoms with Gasteiger partial charge in [0.15, 0.2) is 0 Å². The van der Waals surface area contributed by atoms with Crippen molar-refractivity contribution in [3.05, 3.63) is 131 Å². The van der Waals surface area contributed by atoms with Crippen LogP contribution in [0.25, 0.3) is 0 Å². The van der Waals surface area contributed by atoms with E-state index in [2.05, 4.69) is 16.7 Å². The molecule has 0 aliphatic heterocycles. The maximum atomic E-state index is 13.8. The van der Waals surface area contributed by atoms with E-state index in [-0.39, 0.29) is 24.4 Å². The normalized spacial score (nSPS) is 10.9. The first-order valence-electron chi connectivity index (χ1n) is 12.5. The van der Waals surface area contributed by atoms with Crippen LogP contribution in [-0.2, 0) is 24.4 Å². The van der Waals surface area contributed by atoms with Crippen molar-refractivity contribution in [2.24, 2.45) is 0 Å². The molecule has 5 nitrogen and oxygen atoms in total. The fraction of sp³-hybridized carbons (Fsp3) is 0.226. The first kappa shape index (κ1) is 26.2. The molecule has 0 atom stereocenters. The molecule has 4 aromatic rings. The molecule has 0 aliphatic carbocycles. The van der Waals surface area contributed by atoms with E-state index in [1.807, 2.05) is 85.6 Å². The third-order valence-electron chi connectivity index (χ3n) is 6.30. The lowest BCUT2D eigenvalue weighted by atomic mass is 10.1. The van der Waals surface area contributed by atoms with Gasteiger partial charge in [0.05, 0.1) is 6.54 Å². The minimum Gasteiger partial charge on any atom is -0.345 e. The van der Waals surface area contributed by atoms with Gasteiger partial charge in [-0.05, 0) is 55.3 Å². The molecule has 0 saturated carbocycles. The van der Waals surface area contributed by atoms with Crippen LogP contribution in [0, 0.1) is 0 Å². The van der Waals surface area contributed by atoms with Crippen LogP contribution >= 0.6 is 11.6 Å². The molecule has 3 aromatic carbocycles. The predicted octanol–water partition coefficient (Wildman–Crippen LogP) is 6.27. The van der Waals surface area contributed by atoms with Gasteiger partial charge in [0.2, 0.25) is 5.91 Å². The van der Waals surface area contributed by atoms with Crippen molar-refractivity contribution in [2.75, 3.05) is 6.54 Å². The van der Waals surface area contributed by atoms with Crippen molar-refractivity contribution in [1.29, 1.82) is 0 Å². The van der Waals surface area contributed by atoms with Gasteiger partial charge in [0, 0.05) is 41.6 Å². The van der Waals surface area contributed by atoms with Crippen LogP contribution in [0.15, 0.2) is 103 Å². The van der Waals surface area contributed by atoms with Crippen molar-refractivity contribution in [2.45, 2.75) is 39.5 Å². The van der Waals surface area contributed by atoms with E-state index >= 15 is 0 Å². The molecule has 0 fully saturated rings. The van der Waals surface area contributed by atoms with Crippen LogP contribution in [-0.4, -0.2) is 38.8 Å². The predicted molar refractivity (Wildman–Crippen MR) is 148 cm³/mol. The summed E-state index contributed by atoms with van der Waals surface area (Å²) in [5.74, 6) is -0.321. The summed E-state index contributed by atoms with van der Waals surface area (Å²) in [7, 11) is 0. The number of benzene rings is 3. The van der Waals surface area contributed by atoms with Crippen molar-refractivity contribution in [3.8, 4) is 0 Å². The number of hydrogen-bond acceptors (Lipinski definition) is 2. The Morgan fingerprint density at radius 2 is 1.49 bits per heavy atom. The minimum absolute atomic E-state index is 0.0186. The molecule has 0 aliphatic rings. The zero-order valence-corrected chi connectivity index (χ0v) is 22.0. The van der Waals surface area contributed by atoms with E-state index in [9.17, 15) is 9.59 Å². The summed E-state index contributed by atoms with van der Waals surface area (Å²) in [6, 6.07) is 30.9. The number of carbonyl (C=O) groups excluding carboxylic acids is 2. The van der Waals surface area contributed by atoms with E-state index in [1.165, 1.54) is 5.56 Å². The van der Waals surface area contributed by atoms with Gasteiger partial charge in [0.25, 0.3) is 5.91 Å². The number of rotatable bonds is 10. The molecule has 4 rings (SSSR count). The second-order valence-electron chi connectivity index (χ2n) is 9.39. The molecule has 6 heteroatoms. The van der Waals surface area contributed by atoms with E-state index in [1.54, 1.807) is 29.2 Å². The van der Waals surface area contributed by atoms with Crippen molar-refractivity contribution < 1.29 is 9.59 Å². The maximum absolute atomic E-state index is 13.8. The van der Waals surface area contributed by atoms with Gasteiger partial charge >= 0.3 is 0 Å². The molecule has 190 valence electrons. The third-order valence-corrected chi connectivity index (χ3v) is 6.54. The lowest BCUT2D eigenvalue weighted by molar-refractivity contribution is -0.133. The molecular weight excluding hydrogens is 482 g/mol.